The molecule has 14 nitrogen and oxygen atoms in total. The monoisotopic (exact) mass is 945 g/mol. The van der Waals surface area contributed by atoms with Gasteiger partial charge >= 0.3 is 5.97 Å². The third kappa shape index (κ3) is 27.6. The smallest absolute Gasteiger partial charge is 0.306 e. The lowest BCUT2D eigenvalue weighted by molar-refractivity contribution is -0.332. The summed E-state index contributed by atoms with van der Waals surface area (Å²) in [5.41, 5.74) is 0. The second-order valence-corrected chi connectivity index (χ2v) is 18.7. The normalized spacial score (nSPS) is 26.4. The van der Waals surface area contributed by atoms with Gasteiger partial charge in [-0.2, -0.15) is 0 Å². The van der Waals surface area contributed by atoms with Crippen molar-refractivity contribution in [1.29, 1.82) is 0 Å². The Balaban J connectivity index is 1.76. The molecule has 0 radical (unpaired) electrons. The minimum atomic E-state index is -1.71. The van der Waals surface area contributed by atoms with Crippen LogP contribution in [0.2, 0.25) is 0 Å². The zero-order valence-corrected chi connectivity index (χ0v) is 41.2. The quantitative estimate of drug-likeness (QED) is 0.0175. The number of hydrogen-bond donors (Lipinski definition) is 7. The SMILES string of the molecule is CCCC/C=C\C/C=C\CCCCCCCCOCC(COC1OC(COC2OC(CO)C(O)C(O)C2O)C(O)C(O)C1O)OC(=O)CCCCCCCCCCCCCCCCCCC. The molecule has 2 aliphatic rings. The topological polar surface area (TPSA) is 214 Å². The Morgan fingerprint density at radius 3 is 1.50 bits per heavy atom. The van der Waals surface area contributed by atoms with Crippen LogP contribution < -0.4 is 0 Å². The van der Waals surface area contributed by atoms with Crippen LogP contribution >= 0.6 is 0 Å². The van der Waals surface area contributed by atoms with E-state index >= 15 is 0 Å². The first kappa shape index (κ1) is 60.6. The van der Waals surface area contributed by atoms with Crippen molar-refractivity contribution in [2.45, 2.75) is 268 Å². The molecule has 2 saturated heterocycles. The molecule has 0 aromatic heterocycles. The van der Waals surface area contributed by atoms with Crippen LogP contribution in [0.5, 0.6) is 0 Å². The van der Waals surface area contributed by atoms with E-state index < -0.39 is 80.7 Å². The maximum atomic E-state index is 13.0. The molecule has 0 aliphatic carbocycles. The van der Waals surface area contributed by atoms with E-state index in [-0.39, 0.29) is 25.6 Å². The number of aliphatic hydroxyl groups is 7. The Bertz CT molecular complexity index is 1190. The van der Waals surface area contributed by atoms with Crippen molar-refractivity contribution < 1.29 is 69.0 Å². The molecule has 14 heteroatoms. The van der Waals surface area contributed by atoms with Crippen molar-refractivity contribution in [2.75, 3.05) is 33.0 Å². The molecule has 0 aromatic rings. The van der Waals surface area contributed by atoms with Crippen molar-refractivity contribution in [2.24, 2.45) is 0 Å². The fourth-order valence-corrected chi connectivity index (χ4v) is 8.36. The zero-order valence-electron chi connectivity index (χ0n) is 41.2. The number of hydrogen-bond acceptors (Lipinski definition) is 14. The Hall–Kier alpha value is -1.53. The summed E-state index contributed by atoms with van der Waals surface area (Å²) < 4.78 is 34.3. The van der Waals surface area contributed by atoms with E-state index in [2.05, 4.69) is 38.2 Å². The number of carbonyl (C=O) groups excluding carboxylic acids is 1. The summed E-state index contributed by atoms with van der Waals surface area (Å²) >= 11 is 0. The standard InChI is InChI=1S/C52H96O14/c1-3-5-7-9-11-13-15-17-19-20-21-23-25-27-29-31-33-35-44(54)64-41(38-61-36-34-32-30-28-26-24-22-18-16-14-12-10-8-6-4-2)39-62-51-50(60)48(58)46(56)43(66-51)40-63-52-49(59)47(57)45(55)42(37-53)65-52/h10,12,16,18,41-43,45-53,55-60H,3-9,11,13-15,17,19-40H2,1-2H3/b12-10-,18-16-. The van der Waals surface area contributed by atoms with Gasteiger partial charge in [0.15, 0.2) is 12.6 Å². The lowest BCUT2D eigenvalue weighted by Gasteiger charge is -2.42. The van der Waals surface area contributed by atoms with Crippen molar-refractivity contribution in [3.8, 4) is 0 Å². The number of rotatable bonds is 42. The molecule has 0 spiro atoms. The minimum Gasteiger partial charge on any atom is -0.457 e. The van der Waals surface area contributed by atoms with Gasteiger partial charge in [-0.15, -0.1) is 0 Å². The van der Waals surface area contributed by atoms with Crippen molar-refractivity contribution in [3.63, 3.8) is 0 Å². The molecule has 0 bridgehead atoms. The number of allylic oxidation sites excluding steroid dienone is 4. The summed E-state index contributed by atoms with van der Waals surface area (Å²) in [7, 11) is 0. The fraction of sp³-hybridized carbons (Fsp3) is 0.904. The number of unbranched alkanes of at least 4 members (excludes halogenated alkanes) is 24. The summed E-state index contributed by atoms with van der Waals surface area (Å²) in [6, 6.07) is 0. The first-order valence-corrected chi connectivity index (χ1v) is 26.4. The second kappa shape index (κ2) is 40.2. The maximum absolute atomic E-state index is 13.0. The summed E-state index contributed by atoms with van der Waals surface area (Å²) in [4.78, 5) is 13.0. The van der Waals surface area contributed by atoms with Gasteiger partial charge in [-0.05, 0) is 38.5 Å². The van der Waals surface area contributed by atoms with Gasteiger partial charge in [-0.25, -0.2) is 0 Å². The van der Waals surface area contributed by atoms with E-state index in [1.54, 1.807) is 0 Å². The van der Waals surface area contributed by atoms with Crippen LogP contribution in [-0.2, 0) is 33.2 Å². The van der Waals surface area contributed by atoms with Gasteiger partial charge in [0.25, 0.3) is 0 Å². The minimum absolute atomic E-state index is 0.0581. The van der Waals surface area contributed by atoms with E-state index in [0.717, 1.165) is 64.2 Å². The van der Waals surface area contributed by atoms with Gasteiger partial charge in [-0.3, -0.25) is 4.79 Å². The molecule has 7 N–H and O–H groups in total. The molecule has 11 atom stereocenters. The van der Waals surface area contributed by atoms with Crippen molar-refractivity contribution >= 4 is 5.97 Å². The molecule has 0 saturated carbocycles. The Kier molecular flexibility index (Phi) is 36.9. The van der Waals surface area contributed by atoms with Crippen LogP contribution in [0, 0.1) is 0 Å². The van der Waals surface area contributed by atoms with E-state index in [1.165, 1.54) is 109 Å². The lowest BCUT2D eigenvalue weighted by atomic mass is 9.98. The highest BCUT2D eigenvalue weighted by atomic mass is 16.7. The first-order valence-electron chi connectivity index (χ1n) is 26.4. The van der Waals surface area contributed by atoms with Gasteiger partial charge in [0, 0.05) is 13.0 Å². The third-order valence-electron chi connectivity index (χ3n) is 12.7. The van der Waals surface area contributed by atoms with Crippen LogP contribution in [0.4, 0.5) is 0 Å². The first-order chi connectivity index (χ1) is 32.1. The molecule has 11 unspecified atom stereocenters. The highest BCUT2D eigenvalue weighted by molar-refractivity contribution is 5.69. The average Bonchev–Trinajstić information content (AvgIpc) is 3.31. The summed E-state index contributed by atoms with van der Waals surface area (Å²) in [6.45, 7) is 3.65. The van der Waals surface area contributed by atoms with E-state index in [0.29, 0.717) is 13.0 Å². The Labute approximate surface area is 398 Å². The Morgan fingerprint density at radius 2 is 0.955 bits per heavy atom. The third-order valence-corrected chi connectivity index (χ3v) is 12.7. The van der Waals surface area contributed by atoms with Crippen LogP contribution in [0.3, 0.4) is 0 Å². The maximum Gasteiger partial charge on any atom is 0.306 e. The molecular weight excluding hydrogens is 849 g/mol. The molecule has 2 heterocycles. The second-order valence-electron chi connectivity index (χ2n) is 18.7. The number of aliphatic hydroxyl groups excluding tert-OH is 7. The van der Waals surface area contributed by atoms with Gasteiger partial charge < -0.3 is 64.2 Å². The molecule has 0 aromatic carbocycles. The lowest BCUT2D eigenvalue weighted by Crippen LogP contribution is -2.61. The Morgan fingerprint density at radius 1 is 0.500 bits per heavy atom. The highest BCUT2D eigenvalue weighted by Gasteiger charge is 2.47. The van der Waals surface area contributed by atoms with Crippen LogP contribution in [-0.4, -0.2) is 142 Å². The predicted molar refractivity (Wildman–Crippen MR) is 257 cm³/mol. The molecule has 2 rings (SSSR count). The summed E-state index contributed by atoms with van der Waals surface area (Å²) in [5.74, 6) is -0.377. The van der Waals surface area contributed by atoms with Gasteiger partial charge in [-0.1, -0.05) is 179 Å². The van der Waals surface area contributed by atoms with Crippen LogP contribution in [0.15, 0.2) is 24.3 Å². The number of carbonyl (C=O) groups is 1. The molecule has 388 valence electrons. The predicted octanol–water partition coefficient (Wildman–Crippen LogP) is 8.02. The van der Waals surface area contributed by atoms with Crippen molar-refractivity contribution in [1.82, 2.24) is 0 Å². The van der Waals surface area contributed by atoms with E-state index in [9.17, 15) is 40.5 Å². The summed E-state index contributed by atoms with van der Waals surface area (Å²) in [6.07, 6.45) is 26.6. The van der Waals surface area contributed by atoms with Gasteiger partial charge in [0.1, 0.15) is 54.9 Å². The van der Waals surface area contributed by atoms with Gasteiger partial charge in [0.05, 0.1) is 26.4 Å². The zero-order chi connectivity index (χ0) is 48.0. The molecule has 0 amide bonds. The number of ether oxygens (including phenoxy) is 6. The average molecular weight is 945 g/mol. The molecule has 2 fully saturated rings. The van der Waals surface area contributed by atoms with E-state index in [1.807, 2.05) is 0 Å². The van der Waals surface area contributed by atoms with Crippen molar-refractivity contribution in [3.05, 3.63) is 24.3 Å². The van der Waals surface area contributed by atoms with Crippen LogP contribution in [0.25, 0.3) is 0 Å². The largest absolute Gasteiger partial charge is 0.457 e. The molecular formula is C52H96O14. The molecule has 66 heavy (non-hydrogen) atoms. The number of esters is 1. The van der Waals surface area contributed by atoms with E-state index in [4.69, 9.17) is 28.4 Å². The molecule has 2 aliphatic heterocycles. The van der Waals surface area contributed by atoms with Crippen LogP contribution in [0.1, 0.15) is 200 Å². The summed E-state index contributed by atoms with van der Waals surface area (Å²) in [5, 5.41) is 72.1. The van der Waals surface area contributed by atoms with Gasteiger partial charge in [0.2, 0.25) is 0 Å². The highest BCUT2D eigenvalue weighted by Crippen LogP contribution is 2.26. The fourth-order valence-electron chi connectivity index (χ4n) is 8.36.